The van der Waals surface area contributed by atoms with Gasteiger partial charge in [-0.2, -0.15) is 0 Å². The van der Waals surface area contributed by atoms with Crippen LogP contribution in [0, 0.1) is 4.84 Å². The highest BCUT2D eigenvalue weighted by molar-refractivity contribution is 7.71. The first kappa shape index (κ1) is 18.6. The van der Waals surface area contributed by atoms with Crippen LogP contribution in [0.1, 0.15) is 6.92 Å². The maximum absolute atomic E-state index is 5.71. The molecular formula is C20H23N5O2S. The van der Waals surface area contributed by atoms with Crippen LogP contribution in [-0.2, 0) is 6.67 Å². The predicted molar refractivity (Wildman–Crippen MR) is 110 cm³/mol. The molecular weight excluding hydrogens is 374 g/mol. The molecule has 0 aliphatic carbocycles. The van der Waals surface area contributed by atoms with Gasteiger partial charge >= 0.3 is 0 Å². The smallest absolute Gasteiger partial charge is 0.288 e. The molecule has 0 unspecified atom stereocenters. The van der Waals surface area contributed by atoms with Crippen LogP contribution in [0.3, 0.4) is 0 Å². The van der Waals surface area contributed by atoms with Crippen molar-refractivity contribution in [2.75, 3.05) is 37.7 Å². The van der Waals surface area contributed by atoms with Gasteiger partial charge in [0.2, 0.25) is 5.89 Å². The summed E-state index contributed by atoms with van der Waals surface area (Å²) in [6, 6.07) is 13.7. The molecule has 7 nitrogen and oxygen atoms in total. The van der Waals surface area contributed by atoms with E-state index in [1.807, 2.05) is 55.6 Å². The number of nitrogens with zero attached hydrogens (tertiary/aromatic N) is 5. The molecule has 146 valence electrons. The lowest BCUT2D eigenvalue weighted by Crippen LogP contribution is -2.47. The van der Waals surface area contributed by atoms with E-state index in [0.29, 0.717) is 24.0 Å². The molecule has 1 fully saturated rings. The van der Waals surface area contributed by atoms with E-state index in [0.717, 1.165) is 43.3 Å². The fraction of sp³-hybridized carbons (Fsp3) is 0.350. The zero-order chi connectivity index (χ0) is 19.3. The van der Waals surface area contributed by atoms with Gasteiger partial charge in [0.25, 0.3) is 4.84 Å². The van der Waals surface area contributed by atoms with Crippen molar-refractivity contribution in [3.05, 3.63) is 53.5 Å². The molecule has 0 amide bonds. The summed E-state index contributed by atoms with van der Waals surface area (Å²) >= 11 is 5.37. The summed E-state index contributed by atoms with van der Waals surface area (Å²) < 4.78 is 12.9. The lowest BCUT2D eigenvalue weighted by atomic mass is 10.2. The van der Waals surface area contributed by atoms with E-state index in [4.69, 9.17) is 21.4 Å². The fourth-order valence-electron chi connectivity index (χ4n) is 3.22. The van der Waals surface area contributed by atoms with Crippen LogP contribution in [0.2, 0.25) is 0 Å². The molecule has 3 heterocycles. The summed E-state index contributed by atoms with van der Waals surface area (Å²) in [6.45, 7) is 6.91. The molecule has 1 aromatic carbocycles. The number of anilines is 1. The number of piperazine rings is 1. The highest BCUT2D eigenvalue weighted by Crippen LogP contribution is 2.22. The highest BCUT2D eigenvalue weighted by Gasteiger charge is 2.19. The van der Waals surface area contributed by atoms with E-state index < -0.39 is 0 Å². The van der Waals surface area contributed by atoms with Crippen molar-refractivity contribution >= 4 is 18.0 Å². The minimum atomic E-state index is 0.385. The lowest BCUT2D eigenvalue weighted by molar-refractivity contribution is 0.192. The third-order valence-electron chi connectivity index (χ3n) is 4.70. The normalized spacial score (nSPS) is 15.0. The topological polar surface area (TPSA) is 59.6 Å². The summed E-state index contributed by atoms with van der Waals surface area (Å²) in [5, 5.41) is 4.56. The number of aromatic nitrogens is 3. The van der Waals surface area contributed by atoms with Gasteiger partial charge in [-0.25, -0.2) is 9.67 Å². The van der Waals surface area contributed by atoms with Crippen LogP contribution in [0.15, 0.2) is 53.1 Å². The third kappa shape index (κ3) is 4.23. The molecule has 1 aliphatic heterocycles. The van der Waals surface area contributed by atoms with E-state index in [2.05, 4.69) is 19.9 Å². The van der Waals surface area contributed by atoms with Crippen molar-refractivity contribution in [2.24, 2.45) is 0 Å². The Morgan fingerprint density at radius 2 is 1.86 bits per heavy atom. The Hall–Kier alpha value is -2.71. The standard InChI is InChI=1S/C20H23N5O2S/c1-2-26-17-8-6-16(7-9-17)19-22-25(20(28)27-19)15-23-11-13-24(14-12-23)18-5-3-4-10-21-18/h3-10H,2,11-15H2,1H3. The van der Waals surface area contributed by atoms with Gasteiger partial charge in [0, 0.05) is 37.9 Å². The van der Waals surface area contributed by atoms with Crippen molar-refractivity contribution in [1.29, 1.82) is 0 Å². The van der Waals surface area contributed by atoms with Crippen LogP contribution in [0.25, 0.3) is 11.5 Å². The average molecular weight is 398 g/mol. The van der Waals surface area contributed by atoms with E-state index in [-0.39, 0.29) is 0 Å². The van der Waals surface area contributed by atoms with Crippen molar-refractivity contribution in [3.63, 3.8) is 0 Å². The minimum absolute atomic E-state index is 0.385. The Labute approximate surface area is 169 Å². The molecule has 8 heteroatoms. The van der Waals surface area contributed by atoms with Crippen LogP contribution < -0.4 is 9.64 Å². The van der Waals surface area contributed by atoms with Gasteiger partial charge in [-0.05, 0) is 55.5 Å². The first-order valence-corrected chi connectivity index (χ1v) is 9.83. The summed E-state index contributed by atoms with van der Waals surface area (Å²) in [7, 11) is 0. The van der Waals surface area contributed by atoms with Crippen LogP contribution in [0.5, 0.6) is 5.75 Å². The Kier molecular flexibility index (Phi) is 5.68. The summed E-state index contributed by atoms with van der Waals surface area (Å²) in [4.78, 5) is 9.43. The molecule has 1 saturated heterocycles. The van der Waals surface area contributed by atoms with Gasteiger partial charge in [-0.15, -0.1) is 5.10 Å². The van der Waals surface area contributed by atoms with Crippen molar-refractivity contribution in [3.8, 4) is 17.2 Å². The number of rotatable bonds is 6. The number of benzene rings is 1. The number of pyridine rings is 1. The molecule has 3 aromatic rings. The number of hydrogen-bond donors (Lipinski definition) is 0. The molecule has 0 spiro atoms. The molecule has 0 N–H and O–H groups in total. The van der Waals surface area contributed by atoms with Gasteiger partial charge in [-0.3, -0.25) is 4.90 Å². The molecule has 0 radical (unpaired) electrons. The zero-order valence-corrected chi connectivity index (χ0v) is 16.6. The fourth-order valence-corrected chi connectivity index (χ4v) is 3.40. The SMILES string of the molecule is CCOc1ccc(-c2nn(CN3CCN(c4ccccn4)CC3)c(=S)o2)cc1. The Balaban J connectivity index is 1.39. The van der Waals surface area contributed by atoms with Crippen molar-refractivity contribution in [2.45, 2.75) is 13.6 Å². The summed E-state index contributed by atoms with van der Waals surface area (Å²) in [6.07, 6.45) is 1.83. The Bertz CT molecular complexity index is 947. The minimum Gasteiger partial charge on any atom is -0.494 e. The highest BCUT2D eigenvalue weighted by atomic mass is 32.1. The van der Waals surface area contributed by atoms with E-state index >= 15 is 0 Å². The Morgan fingerprint density at radius 1 is 1.07 bits per heavy atom. The van der Waals surface area contributed by atoms with Gasteiger partial charge in [0.15, 0.2) is 0 Å². The van der Waals surface area contributed by atoms with Crippen molar-refractivity contribution < 1.29 is 9.15 Å². The second-order valence-corrected chi connectivity index (χ2v) is 6.91. The summed E-state index contributed by atoms with van der Waals surface area (Å²) in [5.41, 5.74) is 0.883. The largest absolute Gasteiger partial charge is 0.494 e. The number of ether oxygens (including phenoxy) is 1. The second-order valence-electron chi connectivity index (χ2n) is 6.56. The molecule has 28 heavy (non-hydrogen) atoms. The lowest BCUT2D eigenvalue weighted by Gasteiger charge is -2.34. The first-order chi connectivity index (χ1) is 13.7. The maximum atomic E-state index is 5.71. The number of hydrogen-bond acceptors (Lipinski definition) is 7. The zero-order valence-electron chi connectivity index (χ0n) is 15.8. The monoisotopic (exact) mass is 397 g/mol. The molecule has 1 aliphatic rings. The van der Waals surface area contributed by atoms with E-state index in [1.165, 1.54) is 0 Å². The molecule has 2 aromatic heterocycles. The van der Waals surface area contributed by atoms with Crippen LogP contribution in [0.4, 0.5) is 5.82 Å². The molecule has 4 rings (SSSR count). The molecule has 0 bridgehead atoms. The predicted octanol–water partition coefficient (Wildman–Crippen LogP) is 3.45. The van der Waals surface area contributed by atoms with Crippen LogP contribution >= 0.6 is 12.2 Å². The molecule has 0 saturated carbocycles. The van der Waals surface area contributed by atoms with Crippen LogP contribution in [-0.4, -0.2) is 52.5 Å². The third-order valence-corrected chi connectivity index (χ3v) is 4.99. The van der Waals surface area contributed by atoms with Gasteiger partial charge in [0.05, 0.1) is 13.3 Å². The van der Waals surface area contributed by atoms with Gasteiger partial charge in [0.1, 0.15) is 11.6 Å². The van der Waals surface area contributed by atoms with E-state index in [1.54, 1.807) is 4.68 Å². The van der Waals surface area contributed by atoms with Crippen molar-refractivity contribution in [1.82, 2.24) is 19.7 Å². The first-order valence-electron chi connectivity index (χ1n) is 9.42. The molecule has 0 atom stereocenters. The maximum Gasteiger partial charge on any atom is 0.288 e. The van der Waals surface area contributed by atoms with Gasteiger partial charge < -0.3 is 14.1 Å². The van der Waals surface area contributed by atoms with E-state index in [9.17, 15) is 0 Å². The average Bonchev–Trinajstić information content (AvgIpc) is 3.10. The second kappa shape index (κ2) is 8.53. The quantitative estimate of drug-likeness (QED) is 0.591. The Morgan fingerprint density at radius 3 is 2.54 bits per heavy atom. The summed E-state index contributed by atoms with van der Waals surface area (Å²) in [5.74, 6) is 2.38. The van der Waals surface area contributed by atoms with Gasteiger partial charge in [-0.1, -0.05) is 6.07 Å².